The standard InChI is InChI=1S/C15H17ClN4/c1-3-11(2)20-7-6-13(19-20)10-18-15-5-4-12(9-17)8-14(15)16/h4-8,11,18H,3,10H2,1-2H3. The molecule has 1 aromatic carbocycles. The monoisotopic (exact) mass is 288 g/mol. The van der Waals surface area contributed by atoms with Crippen LogP contribution in [0, 0.1) is 11.3 Å². The van der Waals surface area contributed by atoms with Gasteiger partial charge in [0.2, 0.25) is 0 Å². The summed E-state index contributed by atoms with van der Waals surface area (Å²) in [6, 6.07) is 9.67. The minimum Gasteiger partial charge on any atom is -0.378 e. The second kappa shape index (κ2) is 6.44. The molecule has 104 valence electrons. The molecule has 1 heterocycles. The van der Waals surface area contributed by atoms with E-state index in [1.807, 2.05) is 23.0 Å². The third-order valence-electron chi connectivity index (χ3n) is 3.26. The van der Waals surface area contributed by atoms with E-state index in [0.29, 0.717) is 23.2 Å². The third-order valence-corrected chi connectivity index (χ3v) is 3.58. The van der Waals surface area contributed by atoms with Crippen molar-refractivity contribution < 1.29 is 0 Å². The van der Waals surface area contributed by atoms with E-state index < -0.39 is 0 Å². The lowest BCUT2D eigenvalue weighted by Crippen LogP contribution is -2.06. The average molecular weight is 289 g/mol. The van der Waals surface area contributed by atoms with Gasteiger partial charge in [-0.15, -0.1) is 0 Å². The molecule has 0 amide bonds. The van der Waals surface area contributed by atoms with E-state index in [2.05, 4.69) is 30.3 Å². The molecule has 1 unspecified atom stereocenters. The Bertz CT molecular complexity index is 627. The first-order chi connectivity index (χ1) is 9.63. The summed E-state index contributed by atoms with van der Waals surface area (Å²) in [4.78, 5) is 0. The second-order valence-electron chi connectivity index (χ2n) is 4.70. The summed E-state index contributed by atoms with van der Waals surface area (Å²) in [5.74, 6) is 0. The number of nitriles is 1. The molecule has 0 aliphatic rings. The minimum atomic E-state index is 0.405. The molecule has 0 radical (unpaired) electrons. The number of halogens is 1. The van der Waals surface area contributed by atoms with Gasteiger partial charge in [0.25, 0.3) is 0 Å². The summed E-state index contributed by atoms with van der Waals surface area (Å²) in [5, 5.41) is 17.1. The Hall–Kier alpha value is -1.99. The predicted molar refractivity (Wildman–Crippen MR) is 80.7 cm³/mol. The normalized spacial score (nSPS) is 11.9. The quantitative estimate of drug-likeness (QED) is 0.905. The van der Waals surface area contributed by atoms with Crippen LogP contribution < -0.4 is 5.32 Å². The number of nitrogens with one attached hydrogen (secondary N) is 1. The summed E-state index contributed by atoms with van der Waals surface area (Å²) in [6.07, 6.45) is 3.04. The van der Waals surface area contributed by atoms with Gasteiger partial charge in [0.05, 0.1) is 34.6 Å². The number of nitrogens with zero attached hydrogens (tertiary/aromatic N) is 3. The molecular formula is C15H17ClN4. The van der Waals surface area contributed by atoms with Crippen molar-refractivity contribution >= 4 is 17.3 Å². The predicted octanol–water partition coefficient (Wildman–Crippen LogP) is 3.99. The molecule has 2 rings (SSSR count). The molecule has 0 saturated heterocycles. The van der Waals surface area contributed by atoms with Crippen LogP contribution in [0.5, 0.6) is 0 Å². The van der Waals surface area contributed by atoms with Gasteiger partial charge < -0.3 is 5.32 Å². The molecule has 4 nitrogen and oxygen atoms in total. The first-order valence-electron chi connectivity index (χ1n) is 6.61. The number of hydrogen-bond acceptors (Lipinski definition) is 3. The van der Waals surface area contributed by atoms with Crippen LogP contribution in [0.2, 0.25) is 5.02 Å². The molecule has 0 bridgehead atoms. The lowest BCUT2D eigenvalue weighted by atomic mass is 10.2. The van der Waals surface area contributed by atoms with Gasteiger partial charge in [0.1, 0.15) is 0 Å². The molecule has 0 aliphatic heterocycles. The van der Waals surface area contributed by atoms with Crippen LogP contribution in [0.15, 0.2) is 30.5 Å². The highest BCUT2D eigenvalue weighted by Crippen LogP contribution is 2.23. The van der Waals surface area contributed by atoms with E-state index in [1.165, 1.54) is 0 Å². The van der Waals surface area contributed by atoms with E-state index in [0.717, 1.165) is 17.8 Å². The maximum absolute atomic E-state index is 8.80. The Kier molecular flexibility index (Phi) is 4.65. The fourth-order valence-electron chi connectivity index (χ4n) is 1.82. The summed E-state index contributed by atoms with van der Waals surface area (Å²) >= 11 is 6.11. The first kappa shape index (κ1) is 14.4. The lowest BCUT2D eigenvalue weighted by molar-refractivity contribution is 0.474. The average Bonchev–Trinajstić information content (AvgIpc) is 2.94. The number of rotatable bonds is 5. The van der Waals surface area contributed by atoms with Gasteiger partial charge in [-0.25, -0.2) is 0 Å². The fraction of sp³-hybridized carbons (Fsp3) is 0.333. The van der Waals surface area contributed by atoms with E-state index in [9.17, 15) is 0 Å². The maximum Gasteiger partial charge on any atom is 0.0992 e. The number of benzene rings is 1. The number of hydrogen-bond donors (Lipinski definition) is 1. The molecule has 0 spiro atoms. The van der Waals surface area contributed by atoms with Crippen LogP contribution in [0.1, 0.15) is 37.6 Å². The topological polar surface area (TPSA) is 53.6 Å². The molecule has 0 saturated carbocycles. The molecule has 1 N–H and O–H groups in total. The molecule has 5 heteroatoms. The molecule has 0 fully saturated rings. The first-order valence-corrected chi connectivity index (χ1v) is 6.99. The lowest BCUT2D eigenvalue weighted by Gasteiger charge is -2.09. The number of anilines is 1. The van der Waals surface area contributed by atoms with E-state index >= 15 is 0 Å². The largest absolute Gasteiger partial charge is 0.378 e. The van der Waals surface area contributed by atoms with Crippen LogP contribution in [0.3, 0.4) is 0 Å². The van der Waals surface area contributed by atoms with Crippen molar-refractivity contribution in [3.05, 3.63) is 46.7 Å². The highest BCUT2D eigenvalue weighted by atomic mass is 35.5. The van der Waals surface area contributed by atoms with E-state index in [-0.39, 0.29) is 0 Å². The molecule has 0 aliphatic carbocycles. The van der Waals surface area contributed by atoms with Crippen LogP contribution in [-0.2, 0) is 6.54 Å². The third kappa shape index (κ3) is 3.31. The van der Waals surface area contributed by atoms with Crippen molar-refractivity contribution in [2.45, 2.75) is 32.9 Å². The Balaban J connectivity index is 2.02. The minimum absolute atomic E-state index is 0.405. The molecule has 20 heavy (non-hydrogen) atoms. The Morgan fingerprint density at radius 3 is 2.90 bits per heavy atom. The van der Waals surface area contributed by atoms with Gasteiger partial charge in [-0.3, -0.25) is 4.68 Å². The van der Waals surface area contributed by atoms with Crippen molar-refractivity contribution in [2.24, 2.45) is 0 Å². The van der Waals surface area contributed by atoms with Gasteiger partial charge in [-0.2, -0.15) is 10.4 Å². The van der Waals surface area contributed by atoms with Crippen LogP contribution in [-0.4, -0.2) is 9.78 Å². The smallest absolute Gasteiger partial charge is 0.0992 e. The van der Waals surface area contributed by atoms with Gasteiger partial charge in [0.15, 0.2) is 0 Å². The fourth-order valence-corrected chi connectivity index (χ4v) is 2.07. The molecule has 2 aromatic rings. The SMILES string of the molecule is CCC(C)n1ccc(CNc2ccc(C#N)cc2Cl)n1. The van der Waals surface area contributed by atoms with Gasteiger partial charge >= 0.3 is 0 Å². The Morgan fingerprint density at radius 2 is 2.25 bits per heavy atom. The summed E-state index contributed by atoms with van der Waals surface area (Å²) in [7, 11) is 0. The van der Waals surface area contributed by atoms with Crippen molar-refractivity contribution in [1.29, 1.82) is 5.26 Å². The molecular weight excluding hydrogens is 272 g/mol. The zero-order valence-electron chi connectivity index (χ0n) is 11.6. The Labute approximate surface area is 124 Å². The molecule has 1 aromatic heterocycles. The highest BCUT2D eigenvalue weighted by molar-refractivity contribution is 6.33. The second-order valence-corrected chi connectivity index (χ2v) is 5.11. The summed E-state index contributed by atoms with van der Waals surface area (Å²) < 4.78 is 1.97. The van der Waals surface area contributed by atoms with E-state index in [1.54, 1.807) is 12.1 Å². The summed E-state index contributed by atoms with van der Waals surface area (Å²) in [5.41, 5.74) is 2.33. The van der Waals surface area contributed by atoms with Crippen molar-refractivity contribution in [3.8, 4) is 6.07 Å². The summed E-state index contributed by atoms with van der Waals surface area (Å²) in [6.45, 7) is 4.89. The van der Waals surface area contributed by atoms with Crippen LogP contribution in [0.25, 0.3) is 0 Å². The highest BCUT2D eigenvalue weighted by Gasteiger charge is 2.06. The maximum atomic E-state index is 8.80. The van der Waals surface area contributed by atoms with Crippen molar-refractivity contribution in [3.63, 3.8) is 0 Å². The van der Waals surface area contributed by atoms with Crippen molar-refractivity contribution in [2.75, 3.05) is 5.32 Å². The Morgan fingerprint density at radius 1 is 1.45 bits per heavy atom. The molecule has 1 atom stereocenters. The van der Waals surface area contributed by atoms with Gasteiger partial charge in [-0.05, 0) is 37.6 Å². The number of aromatic nitrogens is 2. The van der Waals surface area contributed by atoms with Crippen molar-refractivity contribution in [1.82, 2.24) is 9.78 Å². The van der Waals surface area contributed by atoms with Gasteiger partial charge in [-0.1, -0.05) is 18.5 Å². The van der Waals surface area contributed by atoms with Gasteiger partial charge in [0, 0.05) is 12.2 Å². The van der Waals surface area contributed by atoms with Crippen LogP contribution in [0.4, 0.5) is 5.69 Å². The zero-order valence-corrected chi connectivity index (χ0v) is 12.4. The zero-order chi connectivity index (χ0) is 14.5. The van der Waals surface area contributed by atoms with E-state index in [4.69, 9.17) is 16.9 Å². The van der Waals surface area contributed by atoms with Crippen LogP contribution >= 0.6 is 11.6 Å².